The van der Waals surface area contributed by atoms with E-state index < -0.39 is 30.6 Å². The first-order valence-electron chi connectivity index (χ1n) is 6.25. The van der Waals surface area contributed by atoms with Gasteiger partial charge in [0, 0.05) is 0 Å². The van der Waals surface area contributed by atoms with E-state index in [1.54, 1.807) is 6.92 Å². The molecule has 108 valence electrons. The molecular weight excluding hydrogens is 264 g/mol. The predicted molar refractivity (Wildman–Crippen MR) is 69.6 cm³/mol. The molecule has 2 aromatic rings. The molecule has 6 N–H and O–H groups in total. The summed E-state index contributed by atoms with van der Waals surface area (Å²) in [6, 6.07) is -0.638. The van der Waals surface area contributed by atoms with Gasteiger partial charge in [-0.05, 0) is 6.92 Å². The minimum Gasteiger partial charge on any atom is -0.389 e. The molecule has 5 atom stereocenters. The molecule has 9 nitrogen and oxygen atoms in total. The van der Waals surface area contributed by atoms with Crippen LogP contribution in [0, 0.1) is 0 Å². The molecule has 0 radical (unpaired) electrons. The Labute approximate surface area is 114 Å². The molecule has 20 heavy (non-hydrogen) atoms. The number of nitrogens with two attached hydrogens (primary N) is 1. The van der Waals surface area contributed by atoms with Gasteiger partial charge < -0.3 is 31.0 Å². The van der Waals surface area contributed by atoms with Crippen molar-refractivity contribution in [1.82, 2.24) is 19.9 Å². The van der Waals surface area contributed by atoms with Crippen molar-refractivity contribution in [3.05, 3.63) is 12.7 Å². The third-order valence-electron chi connectivity index (χ3n) is 3.46. The monoisotopic (exact) mass is 280 g/mol. The zero-order chi connectivity index (χ0) is 14.3. The standard InChI is InChI=1S/C11H16N6O3/c1-4-5(12)7(18)8(19)11(20-4)17-10-6-9(14-2-13-6)15-3-16-10/h2-5,7-8,11,18-19H,12H2,1H3,(H2,13,14,15,16,17)/t4-,5-,7+,8+,11-/m0/s1. The van der Waals surface area contributed by atoms with Crippen LogP contribution in [0.15, 0.2) is 12.7 Å². The fraction of sp³-hybridized carbons (Fsp3) is 0.545. The lowest BCUT2D eigenvalue weighted by Crippen LogP contribution is -2.62. The lowest BCUT2D eigenvalue weighted by Gasteiger charge is -2.40. The Morgan fingerprint density at radius 3 is 2.90 bits per heavy atom. The minimum atomic E-state index is -1.16. The van der Waals surface area contributed by atoms with Crippen LogP contribution < -0.4 is 11.1 Å². The van der Waals surface area contributed by atoms with Gasteiger partial charge in [-0.2, -0.15) is 0 Å². The van der Waals surface area contributed by atoms with Gasteiger partial charge in [-0.15, -0.1) is 0 Å². The van der Waals surface area contributed by atoms with Crippen molar-refractivity contribution in [2.45, 2.75) is 37.5 Å². The van der Waals surface area contributed by atoms with Gasteiger partial charge in [0.1, 0.15) is 24.1 Å². The molecule has 0 spiro atoms. The average Bonchev–Trinajstić information content (AvgIpc) is 2.92. The van der Waals surface area contributed by atoms with Crippen molar-refractivity contribution >= 4 is 17.0 Å². The number of hydrogen-bond acceptors (Lipinski definition) is 8. The summed E-state index contributed by atoms with van der Waals surface area (Å²) in [5.41, 5.74) is 6.83. The minimum absolute atomic E-state index is 0.398. The first kappa shape index (κ1) is 13.2. The summed E-state index contributed by atoms with van der Waals surface area (Å²) < 4.78 is 5.57. The number of rotatable bonds is 2. The van der Waals surface area contributed by atoms with E-state index in [-0.39, 0.29) is 0 Å². The normalized spacial score (nSPS) is 34.3. The molecule has 3 heterocycles. The molecule has 2 aromatic heterocycles. The number of aliphatic hydroxyl groups is 2. The Bertz CT molecular complexity index is 605. The highest BCUT2D eigenvalue weighted by atomic mass is 16.5. The van der Waals surface area contributed by atoms with Gasteiger partial charge in [0.15, 0.2) is 17.7 Å². The van der Waals surface area contributed by atoms with Crippen molar-refractivity contribution in [2.24, 2.45) is 5.73 Å². The van der Waals surface area contributed by atoms with Gasteiger partial charge in [0.05, 0.1) is 18.5 Å². The van der Waals surface area contributed by atoms with Crippen LogP contribution in [0.4, 0.5) is 5.82 Å². The highest BCUT2D eigenvalue weighted by Gasteiger charge is 2.41. The highest BCUT2D eigenvalue weighted by molar-refractivity contribution is 5.81. The Balaban J connectivity index is 1.85. The molecule has 1 fully saturated rings. The molecule has 0 aromatic carbocycles. The zero-order valence-corrected chi connectivity index (χ0v) is 10.8. The van der Waals surface area contributed by atoms with Gasteiger partial charge in [-0.25, -0.2) is 15.0 Å². The summed E-state index contributed by atoms with van der Waals surface area (Å²) in [6.07, 6.45) is -0.599. The Morgan fingerprint density at radius 1 is 1.30 bits per heavy atom. The largest absolute Gasteiger partial charge is 0.389 e. The third kappa shape index (κ3) is 2.10. The van der Waals surface area contributed by atoms with Gasteiger partial charge in [-0.1, -0.05) is 0 Å². The van der Waals surface area contributed by atoms with Crippen LogP contribution in [0.2, 0.25) is 0 Å². The highest BCUT2D eigenvalue weighted by Crippen LogP contribution is 2.23. The van der Waals surface area contributed by atoms with E-state index >= 15 is 0 Å². The van der Waals surface area contributed by atoms with Crippen molar-refractivity contribution in [3.8, 4) is 0 Å². The van der Waals surface area contributed by atoms with Crippen LogP contribution in [0.3, 0.4) is 0 Å². The molecule has 9 heteroatoms. The van der Waals surface area contributed by atoms with Gasteiger partial charge in [0.2, 0.25) is 0 Å². The number of hydrogen-bond donors (Lipinski definition) is 5. The maximum absolute atomic E-state index is 10.0. The molecule has 1 aliphatic heterocycles. The molecule has 1 aliphatic rings. The van der Waals surface area contributed by atoms with Gasteiger partial charge >= 0.3 is 0 Å². The van der Waals surface area contributed by atoms with Crippen molar-refractivity contribution in [3.63, 3.8) is 0 Å². The van der Waals surface area contributed by atoms with E-state index in [0.29, 0.717) is 17.0 Å². The average molecular weight is 280 g/mol. The number of ether oxygens (including phenoxy) is 1. The van der Waals surface area contributed by atoms with Crippen LogP contribution in [-0.2, 0) is 4.74 Å². The van der Waals surface area contributed by atoms with Crippen molar-refractivity contribution in [1.29, 1.82) is 0 Å². The van der Waals surface area contributed by atoms with E-state index in [0.717, 1.165) is 0 Å². The third-order valence-corrected chi connectivity index (χ3v) is 3.46. The Kier molecular flexibility index (Phi) is 3.26. The predicted octanol–water partition coefficient (Wildman–Crippen LogP) is -1.44. The van der Waals surface area contributed by atoms with E-state index in [1.165, 1.54) is 12.7 Å². The van der Waals surface area contributed by atoms with E-state index in [4.69, 9.17) is 10.5 Å². The van der Waals surface area contributed by atoms with Crippen LogP contribution in [0.5, 0.6) is 0 Å². The number of H-pyrrole nitrogens is 1. The number of fused-ring (bicyclic) bond motifs is 1. The summed E-state index contributed by atoms with van der Waals surface area (Å²) >= 11 is 0. The quantitative estimate of drug-likeness (QED) is 0.450. The van der Waals surface area contributed by atoms with E-state index in [2.05, 4.69) is 25.3 Å². The second-order valence-corrected chi connectivity index (χ2v) is 4.79. The maximum Gasteiger partial charge on any atom is 0.182 e. The number of anilines is 1. The molecule has 0 saturated carbocycles. The van der Waals surface area contributed by atoms with E-state index in [9.17, 15) is 10.2 Å². The molecule has 0 unspecified atom stereocenters. The molecule has 1 saturated heterocycles. The molecule has 0 aliphatic carbocycles. The van der Waals surface area contributed by atoms with Crippen LogP contribution >= 0.6 is 0 Å². The maximum atomic E-state index is 10.0. The van der Waals surface area contributed by atoms with Gasteiger partial charge in [-0.3, -0.25) is 0 Å². The topological polar surface area (TPSA) is 142 Å². The zero-order valence-electron chi connectivity index (χ0n) is 10.8. The lowest BCUT2D eigenvalue weighted by molar-refractivity contribution is -0.163. The summed E-state index contributed by atoms with van der Waals surface area (Å²) in [7, 11) is 0. The summed E-state index contributed by atoms with van der Waals surface area (Å²) in [4.78, 5) is 15.0. The second kappa shape index (κ2) is 4.94. The molecular formula is C11H16N6O3. The summed E-state index contributed by atoms with van der Waals surface area (Å²) in [5, 5.41) is 22.8. The molecule has 3 rings (SSSR count). The fourth-order valence-electron chi connectivity index (χ4n) is 2.22. The first-order chi connectivity index (χ1) is 9.58. The Morgan fingerprint density at radius 2 is 2.10 bits per heavy atom. The smallest absolute Gasteiger partial charge is 0.182 e. The van der Waals surface area contributed by atoms with Crippen molar-refractivity contribution in [2.75, 3.05) is 5.32 Å². The first-order valence-corrected chi connectivity index (χ1v) is 6.25. The number of aromatic nitrogens is 4. The lowest BCUT2D eigenvalue weighted by atomic mass is 9.97. The van der Waals surface area contributed by atoms with Crippen molar-refractivity contribution < 1.29 is 14.9 Å². The number of aliphatic hydroxyl groups excluding tert-OH is 2. The van der Waals surface area contributed by atoms with Crippen LogP contribution in [0.1, 0.15) is 6.92 Å². The summed E-state index contributed by atoms with van der Waals surface area (Å²) in [5.74, 6) is 0.437. The van der Waals surface area contributed by atoms with E-state index in [1.807, 2.05) is 0 Å². The fourth-order valence-corrected chi connectivity index (χ4v) is 2.22. The number of nitrogens with zero attached hydrogens (tertiary/aromatic N) is 3. The SMILES string of the molecule is C[C@@H]1O[C@H](Nc2ncnc3nc[nH]c23)[C@H](O)[C@H](O)[C@H]1N. The van der Waals surface area contributed by atoms with Crippen LogP contribution in [-0.4, -0.2) is 60.7 Å². The van der Waals surface area contributed by atoms with Crippen LogP contribution in [0.25, 0.3) is 11.2 Å². The number of imidazole rings is 1. The van der Waals surface area contributed by atoms with Gasteiger partial charge in [0.25, 0.3) is 0 Å². The Hall–Kier alpha value is -1.81. The second-order valence-electron chi connectivity index (χ2n) is 4.79. The number of aromatic amines is 1. The number of nitrogens with one attached hydrogen (secondary N) is 2. The molecule has 0 amide bonds. The summed E-state index contributed by atoms with van der Waals surface area (Å²) in [6.45, 7) is 1.74. The molecule has 0 bridgehead atoms.